The molecule has 0 aliphatic rings. The standard InChI is InChI=1S/C25H24N2O6S/c1-15(2)9-10-27-24(31)19-5-3-4-6-20(19)26-25(27)34-14-23(30)32-13-16-11-22(29)33-21-12-17(28)7-8-18(16)21/h3-8,11-12,15,28H,9-10,13-14H2,1-2H3. The zero-order valence-electron chi connectivity index (χ0n) is 18.8. The predicted octanol–water partition coefficient (Wildman–Crippen LogP) is 4.09. The van der Waals surface area contributed by atoms with Crippen molar-refractivity contribution < 1.29 is 19.1 Å². The summed E-state index contributed by atoms with van der Waals surface area (Å²) in [5.41, 5.74) is 0.528. The maximum absolute atomic E-state index is 13.0. The van der Waals surface area contributed by atoms with Gasteiger partial charge in [0.05, 0.1) is 16.7 Å². The number of ether oxygens (including phenoxy) is 1. The summed E-state index contributed by atoms with van der Waals surface area (Å²) < 4.78 is 12.1. The van der Waals surface area contributed by atoms with Gasteiger partial charge in [-0.15, -0.1) is 0 Å². The van der Waals surface area contributed by atoms with Crippen molar-refractivity contribution in [2.45, 2.75) is 38.6 Å². The Balaban J connectivity index is 1.50. The lowest BCUT2D eigenvalue weighted by atomic mass is 10.1. The predicted molar refractivity (Wildman–Crippen MR) is 130 cm³/mol. The maximum atomic E-state index is 13.0. The van der Waals surface area contributed by atoms with E-state index in [4.69, 9.17) is 9.15 Å². The Morgan fingerprint density at radius 1 is 1.15 bits per heavy atom. The summed E-state index contributed by atoms with van der Waals surface area (Å²) in [5, 5.41) is 11.2. The van der Waals surface area contributed by atoms with Crippen LogP contribution in [0.1, 0.15) is 25.8 Å². The summed E-state index contributed by atoms with van der Waals surface area (Å²) >= 11 is 1.14. The van der Waals surface area contributed by atoms with Gasteiger partial charge in [-0.1, -0.05) is 37.7 Å². The minimum absolute atomic E-state index is 0.0346. The number of thioether (sulfide) groups is 1. The van der Waals surface area contributed by atoms with E-state index >= 15 is 0 Å². The Hall–Kier alpha value is -3.59. The van der Waals surface area contributed by atoms with Crippen LogP contribution >= 0.6 is 11.8 Å². The molecule has 0 spiro atoms. The highest BCUT2D eigenvalue weighted by molar-refractivity contribution is 7.99. The molecule has 0 saturated heterocycles. The van der Waals surface area contributed by atoms with E-state index < -0.39 is 11.6 Å². The quantitative estimate of drug-likeness (QED) is 0.174. The number of hydrogen-bond acceptors (Lipinski definition) is 8. The van der Waals surface area contributed by atoms with Gasteiger partial charge in [0, 0.05) is 29.6 Å². The van der Waals surface area contributed by atoms with Gasteiger partial charge in [0.2, 0.25) is 0 Å². The first kappa shape index (κ1) is 23.6. The van der Waals surface area contributed by atoms with Crippen LogP contribution in [0.4, 0.5) is 0 Å². The van der Waals surface area contributed by atoms with Crippen LogP contribution in [0.5, 0.6) is 5.75 Å². The molecule has 0 unspecified atom stereocenters. The number of fused-ring (bicyclic) bond motifs is 2. The number of carbonyl (C=O) groups excluding carboxylic acids is 1. The highest BCUT2D eigenvalue weighted by Crippen LogP contribution is 2.23. The number of benzene rings is 2. The van der Waals surface area contributed by atoms with Crippen LogP contribution < -0.4 is 11.2 Å². The molecule has 176 valence electrons. The van der Waals surface area contributed by atoms with E-state index in [1.165, 1.54) is 18.2 Å². The second kappa shape index (κ2) is 10.1. The van der Waals surface area contributed by atoms with Crippen LogP contribution in [-0.2, 0) is 22.7 Å². The molecule has 9 heteroatoms. The molecule has 0 fully saturated rings. The van der Waals surface area contributed by atoms with Crippen molar-refractivity contribution in [3.63, 3.8) is 0 Å². The third-order valence-corrected chi connectivity index (χ3v) is 6.23. The number of phenols is 1. The Morgan fingerprint density at radius 3 is 2.74 bits per heavy atom. The molecule has 0 aliphatic carbocycles. The smallest absolute Gasteiger partial charge is 0.336 e. The zero-order chi connectivity index (χ0) is 24.2. The van der Waals surface area contributed by atoms with Gasteiger partial charge >= 0.3 is 11.6 Å². The van der Waals surface area contributed by atoms with Gasteiger partial charge in [-0.05, 0) is 36.6 Å². The molecule has 1 N–H and O–H groups in total. The van der Waals surface area contributed by atoms with E-state index in [-0.39, 0.29) is 29.3 Å². The van der Waals surface area contributed by atoms with E-state index in [9.17, 15) is 19.5 Å². The molecular formula is C25H24N2O6S. The number of nitrogens with zero attached hydrogens (tertiary/aromatic N) is 2. The molecule has 2 heterocycles. The molecule has 0 saturated carbocycles. The van der Waals surface area contributed by atoms with E-state index in [0.29, 0.717) is 39.5 Å². The normalized spacial score (nSPS) is 11.4. The molecule has 4 rings (SSSR count). The van der Waals surface area contributed by atoms with Crippen LogP contribution in [0.3, 0.4) is 0 Å². The van der Waals surface area contributed by atoms with Crippen molar-refractivity contribution in [3.05, 3.63) is 74.9 Å². The van der Waals surface area contributed by atoms with Crippen LogP contribution in [0.15, 0.2) is 67.7 Å². The monoisotopic (exact) mass is 480 g/mol. The summed E-state index contributed by atoms with van der Waals surface area (Å²) in [4.78, 5) is 42.0. The van der Waals surface area contributed by atoms with Gasteiger partial charge in [0.1, 0.15) is 17.9 Å². The lowest BCUT2D eigenvalue weighted by molar-refractivity contribution is -0.141. The van der Waals surface area contributed by atoms with Gasteiger partial charge in [0.25, 0.3) is 5.56 Å². The number of rotatable bonds is 8. The van der Waals surface area contributed by atoms with Gasteiger partial charge in [-0.2, -0.15) is 0 Å². The first-order valence-electron chi connectivity index (χ1n) is 10.9. The molecule has 0 aliphatic heterocycles. The average Bonchev–Trinajstić information content (AvgIpc) is 2.80. The molecule has 34 heavy (non-hydrogen) atoms. The van der Waals surface area contributed by atoms with Crippen LogP contribution in [0.25, 0.3) is 21.9 Å². The van der Waals surface area contributed by atoms with Crippen molar-refractivity contribution in [2.24, 2.45) is 5.92 Å². The second-order valence-electron chi connectivity index (χ2n) is 8.27. The molecule has 8 nitrogen and oxygen atoms in total. The first-order chi connectivity index (χ1) is 16.3. The molecule has 0 bridgehead atoms. The number of aromatic nitrogens is 2. The fraction of sp³-hybridized carbons (Fsp3) is 0.280. The number of para-hydroxylation sites is 1. The molecule has 0 amide bonds. The van der Waals surface area contributed by atoms with E-state index in [1.807, 2.05) is 6.07 Å². The van der Waals surface area contributed by atoms with Gasteiger partial charge in [-0.3, -0.25) is 14.2 Å². The molecule has 0 radical (unpaired) electrons. The SMILES string of the molecule is CC(C)CCn1c(SCC(=O)OCc2cc(=O)oc3cc(O)ccc23)nc2ccccc2c1=O. The van der Waals surface area contributed by atoms with E-state index in [2.05, 4.69) is 18.8 Å². The molecule has 2 aromatic carbocycles. The van der Waals surface area contributed by atoms with Gasteiger partial charge in [0.15, 0.2) is 5.16 Å². The van der Waals surface area contributed by atoms with Crippen LogP contribution in [-0.4, -0.2) is 26.4 Å². The first-order valence-corrected chi connectivity index (χ1v) is 11.8. The van der Waals surface area contributed by atoms with Crippen LogP contribution in [0, 0.1) is 5.92 Å². The minimum atomic E-state index is -0.604. The highest BCUT2D eigenvalue weighted by atomic mass is 32.2. The second-order valence-corrected chi connectivity index (χ2v) is 9.21. The highest BCUT2D eigenvalue weighted by Gasteiger charge is 2.15. The summed E-state index contributed by atoms with van der Waals surface area (Å²) in [6, 6.07) is 12.8. The Bertz CT molecular complexity index is 1470. The van der Waals surface area contributed by atoms with Crippen molar-refractivity contribution in [2.75, 3.05) is 5.75 Å². The average molecular weight is 481 g/mol. The molecule has 2 aromatic heterocycles. The third kappa shape index (κ3) is 5.31. The van der Waals surface area contributed by atoms with Gasteiger partial charge < -0.3 is 14.3 Å². The lowest BCUT2D eigenvalue weighted by Gasteiger charge is -2.14. The van der Waals surface area contributed by atoms with E-state index in [1.54, 1.807) is 28.8 Å². The number of esters is 1. The Kier molecular flexibility index (Phi) is 7.02. The summed E-state index contributed by atoms with van der Waals surface area (Å²) in [5.74, 6) is -0.191. The number of phenolic OH excluding ortho intramolecular Hbond substituents is 1. The molecule has 4 aromatic rings. The number of hydrogen-bond donors (Lipinski definition) is 1. The minimum Gasteiger partial charge on any atom is -0.508 e. The summed E-state index contributed by atoms with van der Waals surface area (Å²) in [6.07, 6.45) is 0.803. The molecular weight excluding hydrogens is 456 g/mol. The fourth-order valence-electron chi connectivity index (χ4n) is 3.50. The van der Waals surface area contributed by atoms with Crippen molar-refractivity contribution in [1.82, 2.24) is 9.55 Å². The number of aromatic hydroxyl groups is 1. The summed E-state index contributed by atoms with van der Waals surface area (Å²) in [7, 11) is 0. The van der Waals surface area contributed by atoms with E-state index in [0.717, 1.165) is 18.2 Å². The Labute approximate surface area is 199 Å². The third-order valence-electron chi connectivity index (χ3n) is 5.28. The van der Waals surface area contributed by atoms with Crippen molar-refractivity contribution in [1.29, 1.82) is 0 Å². The fourth-order valence-corrected chi connectivity index (χ4v) is 4.33. The molecule has 0 atom stereocenters. The maximum Gasteiger partial charge on any atom is 0.336 e. The zero-order valence-corrected chi connectivity index (χ0v) is 19.6. The summed E-state index contributed by atoms with van der Waals surface area (Å²) in [6.45, 7) is 4.54. The van der Waals surface area contributed by atoms with Crippen molar-refractivity contribution >= 4 is 39.6 Å². The van der Waals surface area contributed by atoms with Gasteiger partial charge in [-0.25, -0.2) is 9.78 Å². The Morgan fingerprint density at radius 2 is 1.94 bits per heavy atom. The number of carbonyl (C=O) groups is 1. The topological polar surface area (TPSA) is 112 Å². The van der Waals surface area contributed by atoms with Crippen molar-refractivity contribution in [3.8, 4) is 5.75 Å². The van der Waals surface area contributed by atoms with Crippen LogP contribution in [0.2, 0.25) is 0 Å². The lowest BCUT2D eigenvalue weighted by Crippen LogP contribution is -2.24. The largest absolute Gasteiger partial charge is 0.508 e.